The molecule has 3 unspecified atom stereocenters. The number of hydrogen-bond donors (Lipinski definition) is 1. The Bertz CT molecular complexity index is 1020. The van der Waals surface area contributed by atoms with E-state index in [2.05, 4.69) is 27.8 Å². The van der Waals surface area contributed by atoms with E-state index in [9.17, 15) is 4.79 Å². The van der Waals surface area contributed by atoms with E-state index in [4.69, 9.17) is 15.8 Å². The zero-order valence-electron chi connectivity index (χ0n) is 19.8. The summed E-state index contributed by atoms with van der Waals surface area (Å²) in [6.07, 6.45) is 10.8. The maximum atomic E-state index is 13.7. The second kappa shape index (κ2) is 8.55. The average Bonchev–Trinajstić information content (AvgIpc) is 3.56. The second-order valence-electron chi connectivity index (χ2n) is 10.8. The molecule has 0 aromatic carbocycles. The van der Waals surface area contributed by atoms with E-state index in [0.29, 0.717) is 11.9 Å². The van der Waals surface area contributed by atoms with Crippen LogP contribution in [0.2, 0.25) is 0 Å². The molecule has 5 atom stereocenters. The van der Waals surface area contributed by atoms with Gasteiger partial charge < -0.3 is 20.4 Å². The maximum Gasteiger partial charge on any atom is 0.226 e. The van der Waals surface area contributed by atoms with Crippen LogP contribution in [0.25, 0.3) is 5.65 Å². The fraction of sp³-hybridized carbons (Fsp3) is 0.720. The van der Waals surface area contributed by atoms with Crippen molar-refractivity contribution in [3.05, 3.63) is 24.0 Å². The fourth-order valence-electron chi connectivity index (χ4n) is 6.81. The van der Waals surface area contributed by atoms with Crippen LogP contribution < -0.4 is 10.6 Å². The highest BCUT2D eigenvalue weighted by Crippen LogP contribution is 2.40. The van der Waals surface area contributed by atoms with Gasteiger partial charge in [-0.3, -0.25) is 4.79 Å². The Morgan fingerprint density at radius 3 is 2.85 bits per heavy atom. The molecule has 33 heavy (non-hydrogen) atoms. The van der Waals surface area contributed by atoms with Crippen LogP contribution in [-0.4, -0.2) is 75.6 Å². The number of piperidine rings is 1. The van der Waals surface area contributed by atoms with Gasteiger partial charge in [0.15, 0.2) is 5.65 Å². The largest absolute Gasteiger partial charge is 0.355 e. The zero-order valence-corrected chi connectivity index (χ0v) is 19.8. The lowest BCUT2D eigenvalue weighted by Gasteiger charge is -2.40. The molecule has 3 saturated heterocycles. The third-order valence-electron chi connectivity index (χ3n) is 8.73. The van der Waals surface area contributed by atoms with E-state index in [1.807, 2.05) is 16.8 Å². The molecule has 1 amide bonds. The highest BCUT2D eigenvalue weighted by Gasteiger charge is 2.42. The van der Waals surface area contributed by atoms with Crippen LogP contribution in [0.15, 0.2) is 18.3 Å². The van der Waals surface area contributed by atoms with Crippen molar-refractivity contribution in [2.24, 2.45) is 17.6 Å². The summed E-state index contributed by atoms with van der Waals surface area (Å²) in [6.45, 7) is 3.84. The van der Waals surface area contributed by atoms with Gasteiger partial charge in [-0.05, 0) is 76.9 Å². The van der Waals surface area contributed by atoms with E-state index in [1.165, 1.54) is 19.4 Å². The van der Waals surface area contributed by atoms with E-state index < -0.39 is 0 Å². The molecule has 0 bridgehead atoms. The molecule has 0 spiro atoms. The van der Waals surface area contributed by atoms with Gasteiger partial charge in [-0.2, -0.15) is 5.10 Å². The molecule has 6 rings (SSSR count). The summed E-state index contributed by atoms with van der Waals surface area (Å²) >= 11 is 0. The quantitative estimate of drug-likeness (QED) is 0.772. The van der Waals surface area contributed by atoms with E-state index >= 15 is 0 Å². The van der Waals surface area contributed by atoms with Crippen molar-refractivity contribution in [3.8, 4) is 0 Å². The summed E-state index contributed by atoms with van der Waals surface area (Å²) in [4.78, 5) is 25.5. The second-order valence-corrected chi connectivity index (χ2v) is 10.8. The number of nitrogens with zero attached hydrogens (tertiary/aromatic N) is 6. The molecule has 0 radical (unpaired) electrons. The van der Waals surface area contributed by atoms with Crippen LogP contribution in [0.5, 0.6) is 0 Å². The van der Waals surface area contributed by atoms with Crippen LogP contribution in [0.3, 0.4) is 0 Å². The minimum atomic E-state index is 0.0654. The standard InChI is InChI=1S/C25H37N7O/c1-29-11-7-17-5-6-18(14-22(17)29)25(33)31-10-3-2-4-21(31)20-15-24-27-23(9-13-32(24)28-20)30-12-8-19(26)16-30/h9,13,15,17-19,21-22H,2-8,10-12,14,16,26H2,1H3/t17?,18?,19-,21-,22?/m0/s1. The Hall–Kier alpha value is -2.19. The number of anilines is 1. The third-order valence-corrected chi connectivity index (χ3v) is 8.73. The Kier molecular flexibility index (Phi) is 5.53. The number of fused-ring (bicyclic) bond motifs is 2. The lowest BCUT2D eigenvalue weighted by Crippen LogP contribution is -2.46. The molecular formula is C25H37N7O. The molecule has 4 fully saturated rings. The molecular weight excluding hydrogens is 414 g/mol. The number of carbonyl (C=O) groups is 1. The van der Waals surface area contributed by atoms with Gasteiger partial charge in [0.05, 0.1) is 11.7 Å². The maximum absolute atomic E-state index is 13.7. The summed E-state index contributed by atoms with van der Waals surface area (Å²) in [5.41, 5.74) is 7.93. The molecule has 178 valence electrons. The van der Waals surface area contributed by atoms with Crippen LogP contribution in [0.1, 0.15) is 63.1 Å². The van der Waals surface area contributed by atoms with Crippen LogP contribution in [0, 0.1) is 11.8 Å². The minimum Gasteiger partial charge on any atom is -0.355 e. The number of nitrogens with two attached hydrogens (primary N) is 1. The van der Waals surface area contributed by atoms with E-state index in [1.54, 1.807) is 0 Å². The molecule has 1 aliphatic carbocycles. The number of rotatable bonds is 3. The van der Waals surface area contributed by atoms with Gasteiger partial charge in [0.25, 0.3) is 0 Å². The summed E-state index contributed by atoms with van der Waals surface area (Å²) in [7, 11) is 2.23. The predicted molar refractivity (Wildman–Crippen MR) is 128 cm³/mol. The van der Waals surface area contributed by atoms with Gasteiger partial charge in [0, 0.05) is 49.9 Å². The number of amides is 1. The van der Waals surface area contributed by atoms with Crippen molar-refractivity contribution in [1.29, 1.82) is 0 Å². The highest BCUT2D eigenvalue weighted by molar-refractivity contribution is 5.79. The molecule has 2 N–H and O–H groups in total. The van der Waals surface area contributed by atoms with Crippen molar-refractivity contribution in [2.45, 2.75) is 69.5 Å². The first-order chi connectivity index (χ1) is 16.1. The van der Waals surface area contributed by atoms with Gasteiger partial charge in [-0.1, -0.05) is 0 Å². The first-order valence-electron chi connectivity index (χ1n) is 12.9. The van der Waals surface area contributed by atoms with Crippen LogP contribution in [0.4, 0.5) is 5.82 Å². The van der Waals surface area contributed by atoms with Crippen molar-refractivity contribution < 1.29 is 4.79 Å². The third kappa shape index (κ3) is 3.91. The molecule has 5 heterocycles. The van der Waals surface area contributed by atoms with Gasteiger partial charge in [-0.25, -0.2) is 9.50 Å². The van der Waals surface area contributed by atoms with E-state index in [-0.39, 0.29) is 18.0 Å². The molecule has 8 heteroatoms. The van der Waals surface area contributed by atoms with Crippen molar-refractivity contribution in [1.82, 2.24) is 24.4 Å². The SMILES string of the molecule is CN1CCC2CCC(C(=O)N3CCCC[C@H]3c3cc4nc(N5CC[C@H](N)C5)ccn4n3)CC21. The number of carbonyl (C=O) groups excluding carboxylic acids is 1. The Morgan fingerprint density at radius 1 is 1.09 bits per heavy atom. The normalized spacial score (nSPS) is 33.1. The highest BCUT2D eigenvalue weighted by atomic mass is 16.2. The Labute approximate surface area is 196 Å². The summed E-state index contributed by atoms with van der Waals surface area (Å²) in [5, 5.41) is 4.87. The molecule has 3 aliphatic heterocycles. The number of aromatic nitrogens is 3. The van der Waals surface area contributed by atoms with Crippen molar-refractivity contribution in [2.75, 3.05) is 38.1 Å². The molecule has 2 aromatic heterocycles. The summed E-state index contributed by atoms with van der Waals surface area (Å²) in [6, 6.07) is 5.01. The van der Waals surface area contributed by atoms with Gasteiger partial charge in [0.1, 0.15) is 5.82 Å². The monoisotopic (exact) mass is 451 g/mol. The number of likely N-dealkylation sites (tertiary alicyclic amines) is 2. The van der Waals surface area contributed by atoms with Gasteiger partial charge in [0.2, 0.25) is 5.91 Å². The molecule has 1 saturated carbocycles. The fourth-order valence-corrected chi connectivity index (χ4v) is 6.81. The van der Waals surface area contributed by atoms with Crippen LogP contribution in [-0.2, 0) is 4.79 Å². The molecule has 4 aliphatic rings. The summed E-state index contributed by atoms with van der Waals surface area (Å²) < 4.78 is 1.87. The lowest BCUT2D eigenvalue weighted by molar-refractivity contribution is -0.141. The first kappa shape index (κ1) is 21.4. The van der Waals surface area contributed by atoms with Gasteiger partial charge in [-0.15, -0.1) is 0 Å². The minimum absolute atomic E-state index is 0.0654. The molecule has 2 aromatic rings. The Balaban J connectivity index is 1.22. The number of hydrogen-bond acceptors (Lipinski definition) is 6. The average molecular weight is 452 g/mol. The lowest BCUT2D eigenvalue weighted by atomic mass is 9.77. The summed E-state index contributed by atoms with van der Waals surface area (Å²) in [5.74, 6) is 2.28. The Morgan fingerprint density at radius 2 is 2.00 bits per heavy atom. The van der Waals surface area contributed by atoms with Crippen LogP contribution >= 0.6 is 0 Å². The first-order valence-corrected chi connectivity index (χ1v) is 12.9. The van der Waals surface area contributed by atoms with Gasteiger partial charge >= 0.3 is 0 Å². The zero-order chi connectivity index (χ0) is 22.5. The van der Waals surface area contributed by atoms with Crippen molar-refractivity contribution >= 4 is 17.4 Å². The van der Waals surface area contributed by atoms with E-state index in [0.717, 1.165) is 81.2 Å². The smallest absolute Gasteiger partial charge is 0.226 e. The molecule has 8 nitrogen and oxygen atoms in total. The topological polar surface area (TPSA) is 83.0 Å². The predicted octanol–water partition coefficient (Wildman–Crippen LogP) is 2.44. The van der Waals surface area contributed by atoms with Crippen molar-refractivity contribution in [3.63, 3.8) is 0 Å².